The smallest absolute Gasteiger partial charge is 0.437 e. The van der Waals surface area contributed by atoms with Crippen LogP contribution >= 0.6 is 0 Å². The van der Waals surface area contributed by atoms with Crippen LogP contribution in [0.25, 0.3) is 11.7 Å². The molecule has 0 unspecified atom stereocenters. The van der Waals surface area contributed by atoms with Crippen molar-refractivity contribution in [3.63, 3.8) is 0 Å². The Kier molecular flexibility index (Phi) is 3.16. The number of nitrogens with zero attached hydrogens (tertiary/aromatic N) is 2. The Hall–Kier alpha value is -3.00. The van der Waals surface area contributed by atoms with Crippen LogP contribution in [0.15, 0.2) is 50.2 Å². The van der Waals surface area contributed by atoms with Crippen molar-refractivity contribution in [2.45, 2.75) is 12.6 Å². The van der Waals surface area contributed by atoms with Gasteiger partial charge in [-0.3, -0.25) is 0 Å². The summed E-state index contributed by atoms with van der Waals surface area (Å²) in [5, 5.41) is 14.3. The predicted octanol–water partition coefficient (Wildman–Crippen LogP) is 1.56. The molecule has 4 rings (SSSR count). The maximum Gasteiger partial charge on any atom is 0.437 e. The maximum absolute atomic E-state index is 11.8. The topological polar surface area (TPSA) is 99.9 Å². The van der Waals surface area contributed by atoms with Crippen LogP contribution in [0.5, 0.6) is 11.5 Å². The second-order valence-corrected chi connectivity index (χ2v) is 4.96. The van der Waals surface area contributed by atoms with Crippen LogP contribution in [0, 0.1) is 0 Å². The molecule has 1 aliphatic heterocycles. The molecule has 2 aromatic heterocycles. The number of aliphatic hydroxyl groups excluding tert-OH is 1. The fourth-order valence-electron chi connectivity index (χ4n) is 2.31. The Morgan fingerprint density at radius 1 is 1.26 bits per heavy atom. The highest BCUT2D eigenvalue weighted by Gasteiger charge is 2.19. The molecule has 8 heteroatoms. The molecule has 1 aromatic carbocycles. The molecule has 0 spiro atoms. The van der Waals surface area contributed by atoms with Crippen molar-refractivity contribution < 1.29 is 23.4 Å². The third-order valence-corrected chi connectivity index (χ3v) is 3.47. The fourth-order valence-corrected chi connectivity index (χ4v) is 2.31. The first-order valence-electron chi connectivity index (χ1n) is 6.90. The van der Waals surface area contributed by atoms with E-state index in [1.165, 1.54) is 6.26 Å². The largest absolute Gasteiger partial charge is 0.459 e. The van der Waals surface area contributed by atoms with E-state index in [1.54, 1.807) is 30.3 Å². The van der Waals surface area contributed by atoms with Gasteiger partial charge in [-0.05, 0) is 29.8 Å². The van der Waals surface area contributed by atoms with Gasteiger partial charge in [-0.1, -0.05) is 6.07 Å². The van der Waals surface area contributed by atoms with Gasteiger partial charge in [0.15, 0.2) is 17.3 Å². The first-order valence-corrected chi connectivity index (χ1v) is 6.90. The average Bonchev–Trinajstić information content (AvgIpc) is 3.27. The number of aromatic nitrogens is 2. The first-order chi connectivity index (χ1) is 11.2. The summed E-state index contributed by atoms with van der Waals surface area (Å²) in [6, 6.07) is 8.38. The molecule has 23 heavy (non-hydrogen) atoms. The molecule has 3 aromatic rings. The highest BCUT2D eigenvalue weighted by Crippen LogP contribution is 2.34. The molecule has 0 radical (unpaired) electrons. The quantitative estimate of drug-likeness (QED) is 0.779. The van der Waals surface area contributed by atoms with Gasteiger partial charge in [-0.25, -0.2) is 4.79 Å². The lowest BCUT2D eigenvalue weighted by Crippen LogP contribution is -2.20. The van der Waals surface area contributed by atoms with Crippen LogP contribution in [0.2, 0.25) is 0 Å². The van der Waals surface area contributed by atoms with E-state index < -0.39 is 11.9 Å². The van der Waals surface area contributed by atoms with Crippen molar-refractivity contribution >= 4 is 0 Å². The summed E-state index contributed by atoms with van der Waals surface area (Å²) in [4.78, 5) is 11.8. The van der Waals surface area contributed by atoms with Crippen LogP contribution in [-0.4, -0.2) is 21.7 Å². The van der Waals surface area contributed by atoms with E-state index in [1.807, 2.05) is 0 Å². The summed E-state index contributed by atoms with van der Waals surface area (Å²) in [5.41, 5.74) is 0.587. The second kappa shape index (κ2) is 5.33. The molecule has 1 aliphatic rings. The monoisotopic (exact) mass is 316 g/mol. The van der Waals surface area contributed by atoms with Crippen molar-refractivity contribution in [1.82, 2.24) is 9.78 Å². The SMILES string of the molecule is O=c1oc(-c2ccco2)nn1C[C@@H](O)c1ccc2c(c1)OCO2. The number of hydrogen-bond acceptors (Lipinski definition) is 7. The van der Waals surface area contributed by atoms with E-state index >= 15 is 0 Å². The molecule has 0 aliphatic carbocycles. The lowest BCUT2D eigenvalue weighted by atomic mass is 10.1. The number of benzene rings is 1. The molecule has 8 nitrogen and oxygen atoms in total. The molecule has 3 heterocycles. The highest BCUT2D eigenvalue weighted by molar-refractivity contribution is 5.45. The molecule has 0 saturated heterocycles. The summed E-state index contributed by atoms with van der Waals surface area (Å²) >= 11 is 0. The van der Waals surface area contributed by atoms with Gasteiger partial charge in [0.05, 0.1) is 18.9 Å². The zero-order valence-corrected chi connectivity index (χ0v) is 11.8. The predicted molar refractivity (Wildman–Crippen MR) is 76.0 cm³/mol. The standard InChI is InChI=1S/C15H12N2O6/c18-10(9-3-4-11-13(6-9)22-8-21-11)7-17-15(19)23-14(16-17)12-2-1-5-20-12/h1-6,10,18H,7-8H2/t10-/m1/s1. The van der Waals surface area contributed by atoms with Crippen molar-refractivity contribution in [3.05, 3.63) is 52.7 Å². The summed E-state index contributed by atoms with van der Waals surface area (Å²) in [7, 11) is 0. The van der Waals surface area contributed by atoms with Gasteiger partial charge in [-0.15, -0.1) is 5.10 Å². The van der Waals surface area contributed by atoms with Crippen LogP contribution < -0.4 is 15.2 Å². The van der Waals surface area contributed by atoms with Gasteiger partial charge in [0.2, 0.25) is 6.79 Å². The van der Waals surface area contributed by atoms with Gasteiger partial charge in [0.25, 0.3) is 5.89 Å². The van der Waals surface area contributed by atoms with Gasteiger partial charge >= 0.3 is 5.76 Å². The van der Waals surface area contributed by atoms with Crippen molar-refractivity contribution in [1.29, 1.82) is 0 Å². The van der Waals surface area contributed by atoms with Crippen LogP contribution in [-0.2, 0) is 6.54 Å². The normalized spacial score (nSPS) is 14.1. The Bertz CT molecular complexity index is 880. The fraction of sp³-hybridized carbons (Fsp3) is 0.200. The van der Waals surface area contributed by atoms with Crippen molar-refractivity contribution in [2.24, 2.45) is 0 Å². The van der Waals surface area contributed by atoms with E-state index in [0.717, 1.165) is 4.68 Å². The lowest BCUT2D eigenvalue weighted by Gasteiger charge is -2.10. The Morgan fingerprint density at radius 2 is 2.13 bits per heavy atom. The molecular weight excluding hydrogens is 304 g/mol. The third kappa shape index (κ3) is 2.49. The number of aliphatic hydroxyl groups is 1. The second-order valence-electron chi connectivity index (χ2n) is 4.96. The molecule has 0 amide bonds. The van der Waals surface area contributed by atoms with E-state index in [2.05, 4.69) is 5.10 Å². The van der Waals surface area contributed by atoms with E-state index in [0.29, 0.717) is 22.8 Å². The minimum Gasteiger partial charge on any atom is -0.459 e. The number of rotatable bonds is 4. The van der Waals surface area contributed by atoms with Crippen molar-refractivity contribution in [3.8, 4) is 23.1 Å². The molecule has 118 valence electrons. The van der Waals surface area contributed by atoms with Crippen LogP contribution in [0.3, 0.4) is 0 Å². The highest BCUT2D eigenvalue weighted by atomic mass is 16.7. The van der Waals surface area contributed by atoms with E-state index in [-0.39, 0.29) is 19.2 Å². The van der Waals surface area contributed by atoms with Crippen molar-refractivity contribution in [2.75, 3.05) is 6.79 Å². The molecule has 0 bridgehead atoms. The van der Waals surface area contributed by atoms with Gasteiger partial charge in [0.1, 0.15) is 0 Å². The van der Waals surface area contributed by atoms with Crippen LogP contribution in [0.1, 0.15) is 11.7 Å². The Balaban J connectivity index is 1.57. The molecule has 1 atom stereocenters. The third-order valence-electron chi connectivity index (χ3n) is 3.47. The minimum absolute atomic E-state index is 0.0529. The zero-order chi connectivity index (χ0) is 15.8. The lowest BCUT2D eigenvalue weighted by molar-refractivity contribution is 0.147. The van der Waals surface area contributed by atoms with Crippen LogP contribution in [0.4, 0.5) is 0 Å². The summed E-state index contributed by atoms with van der Waals surface area (Å²) in [6.45, 7) is 0.104. The minimum atomic E-state index is -0.947. The Labute approximate surface area is 129 Å². The first kappa shape index (κ1) is 13.6. The molecule has 0 fully saturated rings. The number of furan rings is 1. The average molecular weight is 316 g/mol. The summed E-state index contributed by atoms with van der Waals surface area (Å²) in [5.74, 6) is 0.928. The maximum atomic E-state index is 11.8. The van der Waals surface area contributed by atoms with Gasteiger partial charge in [0, 0.05) is 0 Å². The Morgan fingerprint density at radius 3 is 2.96 bits per heavy atom. The number of fused-ring (bicyclic) bond motifs is 1. The molecule has 1 N–H and O–H groups in total. The molecule has 0 saturated carbocycles. The number of hydrogen-bond donors (Lipinski definition) is 1. The number of ether oxygens (including phenoxy) is 2. The van der Waals surface area contributed by atoms with Gasteiger partial charge < -0.3 is 23.4 Å². The van der Waals surface area contributed by atoms with E-state index in [9.17, 15) is 9.90 Å². The molecular formula is C15H12N2O6. The summed E-state index contributed by atoms with van der Waals surface area (Å²) < 4.78 is 21.7. The zero-order valence-electron chi connectivity index (χ0n) is 11.8. The van der Waals surface area contributed by atoms with E-state index in [4.69, 9.17) is 18.3 Å². The summed E-state index contributed by atoms with van der Waals surface area (Å²) in [6.07, 6.45) is 0.507. The van der Waals surface area contributed by atoms with Gasteiger partial charge in [-0.2, -0.15) is 4.68 Å².